The molecule has 0 spiro atoms. The van der Waals surface area contributed by atoms with Crippen LogP contribution >= 0.6 is 0 Å². The van der Waals surface area contributed by atoms with E-state index in [2.05, 4.69) is 10.6 Å². The van der Waals surface area contributed by atoms with Gasteiger partial charge in [0.15, 0.2) is 6.19 Å². The van der Waals surface area contributed by atoms with Crippen LogP contribution in [0.1, 0.15) is 19.8 Å². The molecule has 4 heteroatoms. The Bertz CT molecular complexity index is 150. The zero-order valence-corrected chi connectivity index (χ0v) is 6.68. The van der Waals surface area contributed by atoms with Crippen LogP contribution in [0.15, 0.2) is 0 Å². The molecule has 62 valence electrons. The average Bonchev–Trinajstić information content (AvgIpc) is 2.01. The first-order valence-electron chi connectivity index (χ1n) is 3.70. The Morgan fingerprint density at radius 2 is 2.27 bits per heavy atom. The van der Waals surface area contributed by atoms with Gasteiger partial charge in [0, 0.05) is 19.5 Å². The predicted octanol–water partition coefficient (Wildman–Crippen LogP) is -0.0266. The van der Waals surface area contributed by atoms with Crippen molar-refractivity contribution in [1.29, 1.82) is 5.26 Å². The fourth-order valence-corrected chi connectivity index (χ4v) is 0.585. The Morgan fingerprint density at radius 3 is 2.82 bits per heavy atom. The molecule has 0 atom stereocenters. The third-order valence-electron chi connectivity index (χ3n) is 1.13. The SMILES string of the molecule is CCCNC(=O)CCNC#N. The molecule has 1 amide bonds. The third-order valence-corrected chi connectivity index (χ3v) is 1.13. The third kappa shape index (κ3) is 6.65. The van der Waals surface area contributed by atoms with Crippen molar-refractivity contribution in [3.63, 3.8) is 0 Å². The zero-order valence-electron chi connectivity index (χ0n) is 6.68. The summed E-state index contributed by atoms with van der Waals surface area (Å²) in [5.41, 5.74) is 0. The van der Waals surface area contributed by atoms with Gasteiger partial charge in [-0.05, 0) is 6.42 Å². The van der Waals surface area contributed by atoms with Crippen LogP contribution in [-0.2, 0) is 4.79 Å². The maximum atomic E-state index is 10.8. The predicted molar refractivity (Wildman–Crippen MR) is 41.5 cm³/mol. The molecule has 0 aromatic heterocycles. The van der Waals surface area contributed by atoms with Crippen LogP contribution in [-0.4, -0.2) is 19.0 Å². The van der Waals surface area contributed by atoms with Gasteiger partial charge < -0.3 is 10.6 Å². The minimum absolute atomic E-state index is 0.00500. The molecule has 0 radical (unpaired) electrons. The van der Waals surface area contributed by atoms with Crippen molar-refractivity contribution in [2.24, 2.45) is 0 Å². The summed E-state index contributed by atoms with van der Waals surface area (Å²) in [6, 6.07) is 0. The van der Waals surface area contributed by atoms with Gasteiger partial charge in [-0.15, -0.1) is 0 Å². The number of amides is 1. The van der Waals surface area contributed by atoms with Gasteiger partial charge in [-0.25, -0.2) is 0 Å². The van der Waals surface area contributed by atoms with E-state index >= 15 is 0 Å². The highest BCUT2D eigenvalue weighted by atomic mass is 16.1. The number of nitrogens with zero attached hydrogens (tertiary/aromatic N) is 1. The number of nitrogens with one attached hydrogen (secondary N) is 2. The molecule has 0 heterocycles. The molecule has 0 bridgehead atoms. The second-order valence-electron chi connectivity index (χ2n) is 2.14. The fourth-order valence-electron chi connectivity index (χ4n) is 0.585. The van der Waals surface area contributed by atoms with Crippen LogP contribution in [0.5, 0.6) is 0 Å². The van der Waals surface area contributed by atoms with E-state index in [-0.39, 0.29) is 5.91 Å². The van der Waals surface area contributed by atoms with E-state index < -0.39 is 0 Å². The van der Waals surface area contributed by atoms with Crippen LogP contribution in [0.2, 0.25) is 0 Å². The molecule has 0 unspecified atom stereocenters. The highest BCUT2D eigenvalue weighted by Crippen LogP contribution is 1.77. The molecule has 4 nitrogen and oxygen atoms in total. The van der Waals surface area contributed by atoms with Gasteiger partial charge in [-0.2, -0.15) is 5.26 Å². The highest BCUT2D eigenvalue weighted by Gasteiger charge is 1.96. The van der Waals surface area contributed by atoms with Gasteiger partial charge >= 0.3 is 0 Å². The van der Waals surface area contributed by atoms with Crippen LogP contribution in [0.4, 0.5) is 0 Å². The second kappa shape index (κ2) is 6.87. The first kappa shape index (κ1) is 9.76. The molecule has 2 N–H and O–H groups in total. The topological polar surface area (TPSA) is 64.9 Å². The number of carbonyl (C=O) groups is 1. The molecule has 0 aliphatic heterocycles. The molecule has 11 heavy (non-hydrogen) atoms. The maximum absolute atomic E-state index is 10.8. The van der Waals surface area contributed by atoms with Crippen LogP contribution < -0.4 is 10.6 Å². The molecular formula is C7H13N3O. The van der Waals surface area contributed by atoms with Crippen molar-refractivity contribution in [1.82, 2.24) is 10.6 Å². The van der Waals surface area contributed by atoms with E-state index in [0.29, 0.717) is 19.5 Å². The fraction of sp³-hybridized carbons (Fsp3) is 0.714. The van der Waals surface area contributed by atoms with E-state index in [1.165, 1.54) is 0 Å². The molecule has 0 aromatic carbocycles. The number of carbonyl (C=O) groups excluding carboxylic acids is 1. The van der Waals surface area contributed by atoms with Crippen molar-refractivity contribution in [3.8, 4) is 6.19 Å². The van der Waals surface area contributed by atoms with Gasteiger partial charge in [0.1, 0.15) is 0 Å². The summed E-state index contributed by atoms with van der Waals surface area (Å²) in [5.74, 6) is -0.00500. The zero-order chi connectivity index (χ0) is 8.53. The van der Waals surface area contributed by atoms with Crippen molar-refractivity contribution in [2.75, 3.05) is 13.1 Å². The summed E-state index contributed by atoms with van der Waals surface area (Å²) in [6.07, 6.45) is 3.06. The minimum Gasteiger partial charge on any atom is -0.356 e. The Hall–Kier alpha value is -1.24. The number of hydrogen-bond donors (Lipinski definition) is 2. The number of rotatable bonds is 5. The van der Waals surface area contributed by atoms with E-state index in [0.717, 1.165) is 6.42 Å². The molecule has 0 saturated carbocycles. The first-order chi connectivity index (χ1) is 5.31. The monoisotopic (exact) mass is 155 g/mol. The Morgan fingerprint density at radius 1 is 1.55 bits per heavy atom. The quantitative estimate of drug-likeness (QED) is 0.333. The largest absolute Gasteiger partial charge is 0.356 e. The summed E-state index contributed by atoms with van der Waals surface area (Å²) < 4.78 is 0. The molecule has 0 rings (SSSR count). The lowest BCUT2D eigenvalue weighted by Crippen LogP contribution is -2.26. The van der Waals surface area contributed by atoms with E-state index in [9.17, 15) is 4.79 Å². The first-order valence-corrected chi connectivity index (χ1v) is 3.70. The molecular weight excluding hydrogens is 142 g/mol. The molecule has 0 aliphatic rings. The minimum atomic E-state index is -0.00500. The van der Waals surface area contributed by atoms with E-state index in [4.69, 9.17) is 5.26 Å². The average molecular weight is 155 g/mol. The summed E-state index contributed by atoms with van der Waals surface area (Å²) in [7, 11) is 0. The van der Waals surface area contributed by atoms with Crippen LogP contribution in [0.25, 0.3) is 0 Å². The summed E-state index contributed by atoms with van der Waals surface area (Å²) in [5, 5.41) is 13.2. The number of nitriles is 1. The Labute approximate surface area is 66.6 Å². The van der Waals surface area contributed by atoms with E-state index in [1.54, 1.807) is 6.19 Å². The van der Waals surface area contributed by atoms with Crippen molar-refractivity contribution in [3.05, 3.63) is 0 Å². The Kier molecular flexibility index (Phi) is 6.10. The van der Waals surface area contributed by atoms with Gasteiger partial charge in [0.05, 0.1) is 0 Å². The van der Waals surface area contributed by atoms with Crippen molar-refractivity contribution < 1.29 is 4.79 Å². The van der Waals surface area contributed by atoms with Crippen LogP contribution in [0.3, 0.4) is 0 Å². The lowest BCUT2D eigenvalue weighted by atomic mass is 10.4. The Balaban J connectivity index is 3.17. The van der Waals surface area contributed by atoms with Gasteiger partial charge in [-0.3, -0.25) is 4.79 Å². The summed E-state index contributed by atoms with van der Waals surface area (Å²) in [6.45, 7) is 3.13. The number of hydrogen-bond acceptors (Lipinski definition) is 3. The lowest BCUT2D eigenvalue weighted by Gasteiger charge is -2.00. The normalized spacial score (nSPS) is 8.36. The standard InChI is InChI=1S/C7H13N3O/c1-2-4-10-7(11)3-5-9-6-8/h9H,2-5H2,1H3,(H,10,11). The van der Waals surface area contributed by atoms with Crippen molar-refractivity contribution >= 4 is 5.91 Å². The van der Waals surface area contributed by atoms with Crippen molar-refractivity contribution in [2.45, 2.75) is 19.8 Å². The molecule has 0 saturated heterocycles. The van der Waals surface area contributed by atoms with Gasteiger partial charge in [0.25, 0.3) is 0 Å². The van der Waals surface area contributed by atoms with Crippen LogP contribution in [0, 0.1) is 11.5 Å². The maximum Gasteiger partial charge on any atom is 0.221 e. The van der Waals surface area contributed by atoms with Gasteiger partial charge in [0.2, 0.25) is 5.91 Å². The molecule has 0 fully saturated rings. The summed E-state index contributed by atoms with van der Waals surface area (Å²) >= 11 is 0. The van der Waals surface area contributed by atoms with Gasteiger partial charge in [-0.1, -0.05) is 6.92 Å². The highest BCUT2D eigenvalue weighted by molar-refractivity contribution is 5.75. The molecule has 0 aliphatic carbocycles. The molecule has 0 aromatic rings. The van der Waals surface area contributed by atoms with E-state index in [1.807, 2.05) is 6.92 Å². The second-order valence-corrected chi connectivity index (χ2v) is 2.14. The smallest absolute Gasteiger partial charge is 0.221 e. The summed E-state index contributed by atoms with van der Waals surface area (Å²) in [4.78, 5) is 10.8. The lowest BCUT2D eigenvalue weighted by molar-refractivity contribution is -0.120.